The molecule has 0 spiro atoms. The highest BCUT2D eigenvalue weighted by molar-refractivity contribution is 5.84. The van der Waals surface area contributed by atoms with E-state index >= 15 is 0 Å². The van der Waals surface area contributed by atoms with E-state index in [1.165, 1.54) is 0 Å². The average molecular weight is 215 g/mol. The van der Waals surface area contributed by atoms with Crippen LogP contribution < -0.4 is 11.1 Å². The second kappa shape index (κ2) is 6.80. The topological polar surface area (TPSA) is 58.4 Å². The Labute approximate surface area is 93.2 Å². The molecule has 0 saturated carbocycles. The number of rotatable bonds is 8. The molecule has 0 bridgehead atoms. The summed E-state index contributed by atoms with van der Waals surface area (Å²) in [6, 6.07) is 0. The number of likely N-dealkylation sites (N-methyl/N-ethyl adjacent to an activating group) is 1. The van der Waals surface area contributed by atoms with Crippen molar-refractivity contribution in [2.75, 3.05) is 26.7 Å². The molecule has 0 aromatic heterocycles. The molecule has 0 saturated heterocycles. The Morgan fingerprint density at radius 3 is 2.27 bits per heavy atom. The number of nitrogens with two attached hydrogens (primary N) is 1. The maximum Gasteiger partial charge on any atom is 0.237 e. The lowest BCUT2D eigenvalue weighted by Gasteiger charge is -2.27. The van der Waals surface area contributed by atoms with Crippen LogP contribution in [0.15, 0.2) is 0 Å². The Kier molecular flexibility index (Phi) is 6.52. The highest BCUT2D eigenvalue weighted by Crippen LogP contribution is 2.11. The number of primary amides is 1. The van der Waals surface area contributed by atoms with E-state index in [0.29, 0.717) is 0 Å². The van der Waals surface area contributed by atoms with Gasteiger partial charge in [-0.2, -0.15) is 0 Å². The Balaban J connectivity index is 3.97. The minimum atomic E-state index is -0.562. The lowest BCUT2D eigenvalue weighted by Crippen LogP contribution is -2.51. The van der Waals surface area contributed by atoms with Crippen LogP contribution >= 0.6 is 0 Å². The van der Waals surface area contributed by atoms with Crippen LogP contribution in [0.3, 0.4) is 0 Å². The molecule has 0 aliphatic heterocycles. The average Bonchev–Trinajstić information content (AvgIpc) is 2.23. The van der Waals surface area contributed by atoms with Crippen LogP contribution in [0.5, 0.6) is 0 Å². The molecule has 0 aliphatic carbocycles. The first-order chi connectivity index (χ1) is 7.00. The van der Waals surface area contributed by atoms with Crippen LogP contribution in [0, 0.1) is 0 Å². The van der Waals surface area contributed by atoms with Gasteiger partial charge in [-0.25, -0.2) is 0 Å². The monoisotopic (exact) mass is 215 g/mol. The predicted octanol–water partition coefficient (Wildman–Crippen LogP) is 0.572. The van der Waals surface area contributed by atoms with Crippen molar-refractivity contribution in [2.45, 2.75) is 39.2 Å². The number of amides is 1. The van der Waals surface area contributed by atoms with Gasteiger partial charge in [0.1, 0.15) is 0 Å². The number of hydrogen-bond donors (Lipinski definition) is 2. The predicted molar refractivity (Wildman–Crippen MR) is 63.7 cm³/mol. The number of nitrogens with zero attached hydrogens (tertiary/aromatic N) is 1. The molecule has 0 aromatic carbocycles. The molecule has 1 amide bonds. The van der Waals surface area contributed by atoms with Gasteiger partial charge in [-0.1, -0.05) is 13.8 Å². The molecule has 0 aromatic rings. The molecule has 0 fully saturated rings. The van der Waals surface area contributed by atoms with Gasteiger partial charge in [-0.05, 0) is 46.4 Å². The normalized spacial score (nSPS) is 15.3. The fraction of sp³-hybridized carbons (Fsp3) is 0.909. The third-order valence-electron chi connectivity index (χ3n) is 3.14. The lowest BCUT2D eigenvalue weighted by molar-refractivity contribution is -0.123. The molecule has 0 heterocycles. The molecule has 1 unspecified atom stereocenters. The van der Waals surface area contributed by atoms with Crippen LogP contribution in [-0.4, -0.2) is 43.0 Å². The van der Waals surface area contributed by atoms with Crippen LogP contribution in [-0.2, 0) is 4.79 Å². The molecule has 4 nitrogen and oxygen atoms in total. The lowest BCUT2D eigenvalue weighted by atomic mass is 9.95. The molecule has 1 atom stereocenters. The van der Waals surface area contributed by atoms with Gasteiger partial charge in [0.05, 0.1) is 5.54 Å². The van der Waals surface area contributed by atoms with Crippen molar-refractivity contribution in [3.8, 4) is 0 Å². The van der Waals surface area contributed by atoms with E-state index in [9.17, 15) is 4.79 Å². The molecule has 3 N–H and O–H groups in total. The summed E-state index contributed by atoms with van der Waals surface area (Å²) in [6.45, 7) is 9.30. The second-order valence-corrected chi connectivity index (χ2v) is 4.08. The SMILES string of the molecule is CCN(CC)CCCC(C)(NC)C(N)=O. The van der Waals surface area contributed by atoms with E-state index in [0.717, 1.165) is 32.5 Å². The Morgan fingerprint density at radius 2 is 1.93 bits per heavy atom. The third-order valence-corrected chi connectivity index (χ3v) is 3.14. The van der Waals surface area contributed by atoms with Gasteiger partial charge < -0.3 is 16.0 Å². The highest BCUT2D eigenvalue weighted by atomic mass is 16.1. The van der Waals surface area contributed by atoms with E-state index in [2.05, 4.69) is 24.1 Å². The standard InChI is InChI=1S/C11H25N3O/c1-5-14(6-2)9-7-8-11(3,13-4)10(12)15/h13H,5-9H2,1-4H3,(H2,12,15). The number of hydrogen-bond acceptors (Lipinski definition) is 3. The summed E-state index contributed by atoms with van der Waals surface area (Å²) in [7, 11) is 1.78. The third kappa shape index (κ3) is 4.62. The van der Waals surface area contributed by atoms with Gasteiger partial charge >= 0.3 is 0 Å². The maximum absolute atomic E-state index is 11.2. The maximum atomic E-state index is 11.2. The first-order valence-electron chi connectivity index (χ1n) is 5.71. The highest BCUT2D eigenvalue weighted by Gasteiger charge is 2.28. The first-order valence-corrected chi connectivity index (χ1v) is 5.71. The van der Waals surface area contributed by atoms with Gasteiger partial charge in [-0.15, -0.1) is 0 Å². The zero-order chi connectivity index (χ0) is 11.9. The van der Waals surface area contributed by atoms with Crippen molar-refractivity contribution in [1.82, 2.24) is 10.2 Å². The molecule has 90 valence electrons. The van der Waals surface area contributed by atoms with Gasteiger partial charge in [0, 0.05) is 0 Å². The summed E-state index contributed by atoms with van der Waals surface area (Å²) in [6.07, 6.45) is 1.78. The summed E-state index contributed by atoms with van der Waals surface area (Å²) < 4.78 is 0. The number of carbonyl (C=O) groups excluding carboxylic acids is 1. The van der Waals surface area contributed by atoms with Crippen molar-refractivity contribution in [2.24, 2.45) is 5.73 Å². The summed E-state index contributed by atoms with van der Waals surface area (Å²) in [4.78, 5) is 13.6. The summed E-state index contributed by atoms with van der Waals surface area (Å²) in [5.74, 6) is -0.274. The summed E-state index contributed by atoms with van der Waals surface area (Å²) >= 11 is 0. The Bertz CT molecular complexity index is 192. The fourth-order valence-electron chi connectivity index (χ4n) is 1.57. The Hall–Kier alpha value is -0.610. The van der Waals surface area contributed by atoms with E-state index < -0.39 is 5.54 Å². The minimum Gasteiger partial charge on any atom is -0.368 e. The smallest absolute Gasteiger partial charge is 0.237 e. The van der Waals surface area contributed by atoms with E-state index in [1.54, 1.807) is 7.05 Å². The van der Waals surface area contributed by atoms with Crippen LogP contribution in [0.25, 0.3) is 0 Å². The number of carbonyl (C=O) groups is 1. The summed E-state index contributed by atoms with van der Waals surface area (Å²) in [5.41, 5.74) is 4.79. The molecule has 15 heavy (non-hydrogen) atoms. The number of nitrogens with one attached hydrogen (secondary N) is 1. The molecule has 0 rings (SSSR count). The van der Waals surface area contributed by atoms with Gasteiger partial charge in [0.15, 0.2) is 0 Å². The molecular weight excluding hydrogens is 190 g/mol. The minimum absolute atomic E-state index is 0.274. The summed E-state index contributed by atoms with van der Waals surface area (Å²) in [5, 5.41) is 2.99. The molecule has 4 heteroatoms. The molecule has 0 radical (unpaired) electrons. The van der Waals surface area contributed by atoms with E-state index in [-0.39, 0.29) is 5.91 Å². The van der Waals surface area contributed by atoms with Crippen LogP contribution in [0.1, 0.15) is 33.6 Å². The quantitative estimate of drug-likeness (QED) is 0.622. The van der Waals surface area contributed by atoms with Gasteiger partial charge in [0.25, 0.3) is 0 Å². The molecule has 0 aliphatic rings. The fourth-order valence-corrected chi connectivity index (χ4v) is 1.57. The van der Waals surface area contributed by atoms with Gasteiger partial charge in [0.2, 0.25) is 5.91 Å². The van der Waals surface area contributed by atoms with Crippen molar-refractivity contribution in [3.63, 3.8) is 0 Å². The van der Waals surface area contributed by atoms with Gasteiger partial charge in [-0.3, -0.25) is 4.79 Å². The molecular formula is C11H25N3O. The van der Waals surface area contributed by atoms with E-state index in [1.807, 2.05) is 6.92 Å². The van der Waals surface area contributed by atoms with Crippen LogP contribution in [0.2, 0.25) is 0 Å². The van der Waals surface area contributed by atoms with Crippen molar-refractivity contribution in [1.29, 1.82) is 0 Å². The largest absolute Gasteiger partial charge is 0.368 e. The van der Waals surface area contributed by atoms with Crippen molar-refractivity contribution < 1.29 is 4.79 Å². The van der Waals surface area contributed by atoms with E-state index in [4.69, 9.17) is 5.73 Å². The Morgan fingerprint density at radius 1 is 1.40 bits per heavy atom. The van der Waals surface area contributed by atoms with Crippen molar-refractivity contribution in [3.05, 3.63) is 0 Å². The van der Waals surface area contributed by atoms with Crippen LogP contribution in [0.4, 0.5) is 0 Å². The zero-order valence-electron chi connectivity index (χ0n) is 10.5. The van der Waals surface area contributed by atoms with Crippen molar-refractivity contribution >= 4 is 5.91 Å². The first kappa shape index (κ1) is 14.4. The second-order valence-electron chi connectivity index (χ2n) is 4.08. The zero-order valence-corrected chi connectivity index (χ0v) is 10.5.